The molecule has 8 nitrogen and oxygen atoms in total. The fourth-order valence-electron chi connectivity index (χ4n) is 4.13. The van der Waals surface area contributed by atoms with E-state index >= 15 is 0 Å². The fourth-order valence-corrected chi connectivity index (χ4v) is 4.29. The van der Waals surface area contributed by atoms with Crippen LogP contribution in [0.2, 0.25) is 5.02 Å². The van der Waals surface area contributed by atoms with Gasteiger partial charge < -0.3 is 19.4 Å². The van der Waals surface area contributed by atoms with Gasteiger partial charge in [-0.3, -0.25) is 14.8 Å². The van der Waals surface area contributed by atoms with E-state index in [1.807, 2.05) is 23.1 Å². The van der Waals surface area contributed by atoms with E-state index in [1.165, 1.54) is 4.90 Å². The number of aliphatic carboxylic acids is 1. The van der Waals surface area contributed by atoms with Crippen LogP contribution in [-0.4, -0.2) is 58.1 Å². The van der Waals surface area contributed by atoms with Crippen molar-refractivity contribution in [3.63, 3.8) is 0 Å². The monoisotopic (exact) mass is 465 g/mol. The van der Waals surface area contributed by atoms with Gasteiger partial charge in [0.05, 0.1) is 23.7 Å². The molecule has 2 aromatic rings. The molecule has 1 aromatic carbocycles. The van der Waals surface area contributed by atoms with Gasteiger partial charge in [-0.05, 0) is 39.0 Å². The molecule has 2 atom stereocenters. The van der Waals surface area contributed by atoms with E-state index in [2.05, 4.69) is 4.98 Å². The predicted octanol–water partition coefficient (Wildman–Crippen LogP) is -0.608. The van der Waals surface area contributed by atoms with E-state index in [0.717, 1.165) is 16.8 Å². The number of amides is 1. The third-order valence-electron chi connectivity index (χ3n) is 5.52. The zero-order chi connectivity index (χ0) is 23.0. The number of rotatable bonds is 2. The number of aromatic nitrogens is 1. The Hall–Kier alpha value is -2.24. The zero-order valence-electron chi connectivity index (χ0n) is 19.2. The summed E-state index contributed by atoms with van der Waals surface area (Å²) in [6.07, 6.45) is 1.04. The van der Waals surface area contributed by atoms with Gasteiger partial charge in [-0.25, -0.2) is 4.79 Å². The van der Waals surface area contributed by atoms with E-state index in [-0.39, 0.29) is 38.0 Å². The van der Waals surface area contributed by atoms with Gasteiger partial charge in [0, 0.05) is 42.0 Å². The van der Waals surface area contributed by atoms with Crippen molar-refractivity contribution in [2.45, 2.75) is 45.1 Å². The van der Waals surface area contributed by atoms with Gasteiger partial charge in [-0.2, -0.15) is 0 Å². The van der Waals surface area contributed by atoms with Crippen molar-refractivity contribution in [2.75, 3.05) is 19.6 Å². The fraction of sp³-hybridized carbons (Fsp3) is 0.435. The summed E-state index contributed by atoms with van der Waals surface area (Å²) < 4.78 is 11.4. The maximum absolute atomic E-state index is 12.6. The summed E-state index contributed by atoms with van der Waals surface area (Å²) in [4.78, 5) is 32.5. The summed E-state index contributed by atoms with van der Waals surface area (Å²) >= 11 is 6.19. The molecule has 10 heteroatoms. The maximum Gasteiger partial charge on any atom is 1.00 e. The third-order valence-corrected chi connectivity index (χ3v) is 5.75. The van der Waals surface area contributed by atoms with E-state index < -0.39 is 23.7 Å². The van der Waals surface area contributed by atoms with Gasteiger partial charge >= 0.3 is 25.0 Å². The Morgan fingerprint density at radius 3 is 2.70 bits per heavy atom. The molecule has 170 valence electrons. The number of fused-ring (bicyclic) bond motifs is 2. The first-order valence-electron chi connectivity index (χ1n) is 10.4. The molecular formula is C23H25ClLiN3O5. The minimum atomic E-state index is -1.33. The average Bonchev–Trinajstić information content (AvgIpc) is 2.88. The van der Waals surface area contributed by atoms with Gasteiger partial charge in [0.1, 0.15) is 18.0 Å². The van der Waals surface area contributed by atoms with Crippen LogP contribution < -0.4 is 28.7 Å². The molecular weight excluding hydrogens is 441 g/mol. The number of pyridine rings is 1. The van der Waals surface area contributed by atoms with Crippen molar-refractivity contribution in [1.82, 2.24) is 14.8 Å². The number of carbonyl (C=O) groups excluding carboxylic acids is 2. The quantitative estimate of drug-likeness (QED) is 0.546. The van der Waals surface area contributed by atoms with Gasteiger partial charge in [0.15, 0.2) is 0 Å². The van der Waals surface area contributed by atoms with Gasteiger partial charge in [0.25, 0.3) is 0 Å². The molecule has 0 spiro atoms. The number of halogens is 1. The number of hydrogen-bond donors (Lipinski definition) is 0. The van der Waals surface area contributed by atoms with Crippen molar-refractivity contribution in [1.29, 1.82) is 0 Å². The first kappa shape index (κ1) is 25.4. The van der Waals surface area contributed by atoms with Crippen LogP contribution >= 0.6 is 11.6 Å². The molecule has 1 amide bonds. The van der Waals surface area contributed by atoms with Crippen LogP contribution in [0.3, 0.4) is 0 Å². The molecule has 1 fully saturated rings. The largest absolute Gasteiger partial charge is 1.00 e. The maximum atomic E-state index is 12.6. The van der Waals surface area contributed by atoms with Crippen LogP contribution in [-0.2, 0) is 16.1 Å². The molecule has 2 aliphatic heterocycles. The third kappa shape index (κ3) is 5.47. The first-order chi connectivity index (χ1) is 15.1. The smallest absolute Gasteiger partial charge is 0.548 e. The number of carboxylic acid groups (broad SMARTS) is 1. The molecule has 4 rings (SSSR count). The van der Waals surface area contributed by atoms with Crippen molar-refractivity contribution in [2.24, 2.45) is 0 Å². The van der Waals surface area contributed by atoms with E-state index in [4.69, 9.17) is 21.1 Å². The van der Waals surface area contributed by atoms with E-state index in [9.17, 15) is 14.7 Å². The van der Waals surface area contributed by atoms with Crippen molar-refractivity contribution in [3.8, 4) is 5.75 Å². The summed E-state index contributed by atoms with van der Waals surface area (Å²) in [6, 6.07) is 7.67. The topological polar surface area (TPSA) is 95.0 Å². The Balaban J connectivity index is 0.00000306. The summed E-state index contributed by atoms with van der Waals surface area (Å²) in [5.74, 6) is -0.705. The second-order valence-electron chi connectivity index (χ2n) is 8.92. The number of benzene rings is 1. The summed E-state index contributed by atoms with van der Waals surface area (Å²) in [6.45, 7) is 6.21. The average molecular weight is 466 g/mol. The molecule has 1 saturated heterocycles. The van der Waals surface area contributed by atoms with Crippen LogP contribution in [0.25, 0.3) is 0 Å². The second kappa shape index (κ2) is 9.94. The number of carbonyl (C=O) groups is 2. The number of piperazine rings is 1. The number of nitrogens with zero attached hydrogens (tertiary/aromatic N) is 3. The molecule has 0 saturated carbocycles. The molecule has 2 aliphatic rings. The molecule has 33 heavy (non-hydrogen) atoms. The van der Waals surface area contributed by atoms with E-state index in [0.29, 0.717) is 23.9 Å². The van der Waals surface area contributed by atoms with Crippen molar-refractivity contribution >= 4 is 23.7 Å². The normalized spacial score (nSPS) is 20.4. The molecule has 1 aromatic heterocycles. The Morgan fingerprint density at radius 1 is 1.24 bits per heavy atom. The predicted molar refractivity (Wildman–Crippen MR) is 115 cm³/mol. The zero-order valence-corrected chi connectivity index (χ0v) is 20.0. The van der Waals surface area contributed by atoms with Crippen molar-refractivity contribution < 1.29 is 43.0 Å². The van der Waals surface area contributed by atoms with Crippen molar-refractivity contribution in [3.05, 3.63) is 58.4 Å². The molecule has 0 aliphatic carbocycles. The van der Waals surface area contributed by atoms with Gasteiger partial charge in [0.2, 0.25) is 0 Å². The van der Waals surface area contributed by atoms with Gasteiger partial charge in [-0.1, -0.05) is 23.7 Å². The minimum absolute atomic E-state index is 0. The first-order valence-corrected chi connectivity index (χ1v) is 10.8. The molecule has 0 radical (unpaired) electrons. The number of ether oxygens (including phenoxy) is 2. The van der Waals surface area contributed by atoms with Gasteiger partial charge in [-0.15, -0.1) is 0 Å². The molecule has 3 heterocycles. The van der Waals surface area contributed by atoms with Crippen LogP contribution in [0.4, 0.5) is 4.79 Å². The Bertz CT molecular complexity index is 1040. The summed E-state index contributed by atoms with van der Waals surface area (Å²) in [7, 11) is 0. The molecule has 0 unspecified atom stereocenters. The second-order valence-corrected chi connectivity index (χ2v) is 9.36. The SMILES string of the molecule is CC(C)(C)OC(=O)N1CCN([C@@H]2c3ccc(Cl)cc3OCc3cccnc32)C[C@@H]1C(=O)[O-].[Li+]. The Morgan fingerprint density at radius 2 is 2.00 bits per heavy atom. The summed E-state index contributed by atoms with van der Waals surface area (Å²) in [5, 5.41) is 12.6. The Labute approximate surface area is 210 Å². The molecule has 0 bridgehead atoms. The van der Waals surface area contributed by atoms with Crippen LogP contribution in [0, 0.1) is 0 Å². The minimum Gasteiger partial charge on any atom is -0.548 e. The number of carboxylic acids is 1. The standard InChI is InChI=1S/C23H26ClN3O5.Li/c1-23(2,3)32-22(30)27-10-9-26(12-17(27)21(28)29)20-16-7-6-15(24)11-18(16)31-13-14-5-4-8-25-19(14)20;/h4-8,11,17,20H,9-10,12-13H2,1-3H3,(H,28,29);/q;+1/p-1/t17-,20-;/m1./s1. The molecule has 0 N–H and O–H groups in total. The number of hydrogen-bond acceptors (Lipinski definition) is 7. The van der Waals surface area contributed by atoms with Crippen LogP contribution in [0.1, 0.15) is 43.6 Å². The van der Waals surface area contributed by atoms with E-state index in [1.54, 1.807) is 39.1 Å². The van der Waals surface area contributed by atoms with Crippen LogP contribution in [0.5, 0.6) is 5.75 Å². The Kier molecular flexibility index (Phi) is 7.65. The summed E-state index contributed by atoms with van der Waals surface area (Å²) in [5.41, 5.74) is 1.81. The van der Waals surface area contributed by atoms with Crippen LogP contribution in [0.15, 0.2) is 36.5 Å².